The van der Waals surface area contributed by atoms with Crippen LogP contribution >= 0.6 is 27.5 Å². The molecule has 2 aromatic rings. The van der Waals surface area contributed by atoms with Crippen LogP contribution in [-0.4, -0.2) is 21.7 Å². The van der Waals surface area contributed by atoms with Crippen LogP contribution in [0.2, 0.25) is 5.02 Å². The first-order valence-corrected chi connectivity index (χ1v) is 6.91. The third kappa shape index (κ3) is 4.08. The summed E-state index contributed by atoms with van der Waals surface area (Å²) in [5.74, 6) is 0.935. The van der Waals surface area contributed by atoms with Gasteiger partial charge in [-0.25, -0.2) is 4.98 Å². The fourth-order valence-corrected chi connectivity index (χ4v) is 2.44. The molecule has 96 valence electrons. The van der Waals surface area contributed by atoms with Gasteiger partial charge >= 0.3 is 0 Å². The summed E-state index contributed by atoms with van der Waals surface area (Å²) in [4.78, 5) is 4.08. The van der Waals surface area contributed by atoms with Gasteiger partial charge in [0, 0.05) is 22.5 Å². The third-order valence-electron chi connectivity index (χ3n) is 2.56. The van der Waals surface area contributed by atoms with E-state index in [0.29, 0.717) is 0 Å². The van der Waals surface area contributed by atoms with Crippen molar-refractivity contribution in [1.82, 2.24) is 20.5 Å². The molecule has 2 N–H and O–H groups in total. The molecule has 6 heteroatoms. The lowest BCUT2D eigenvalue weighted by Gasteiger charge is -2.06. The van der Waals surface area contributed by atoms with Crippen LogP contribution in [0.25, 0.3) is 0 Å². The van der Waals surface area contributed by atoms with Crippen molar-refractivity contribution in [3.8, 4) is 0 Å². The van der Waals surface area contributed by atoms with E-state index in [1.165, 1.54) is 11.9 Å². The first kappa shape index (κ1) is 13.5. The fourth-order valence-electron chi connectivity index (χ4n) is 1.62. The van der Waals surface area contributed by atoms with E-state index in [1.807, 2.05) is 18.2 Å². The Hall–Kier alpha value is -0.910. The van der Waals surface area contributed by atoms with Crippen LogP contribution in [0.4, 0.5) is 0 Å². The van der Waals surface area contributed by atoms with E-state index in [1.54, 1.807) is 0 Å². The number of nitrogens with one attached hydrogen (secondary N) is 2. The van der Waals surface area contributed by atoms with E-state index >= 15 is 0 Å². The molecule has 0 aliphatic heterocycles. The molecule has 18 heavy (non-hydrogen) atoms. The minimum Gasteiger partial charge on any atom is -0.313 e. The minimum absolute atomic E-state index is 0.746. The van der Waals surface area contributed by atoms with Crippen molar-refractivity contribution in [2.45, 2.75) is 19.4 Å². The van der Waals surface area contributed by atoms with E-state index in [-0.39, 0.29) is 0 Å². The number of benzene rings is 1. The molecule has 0 saturated heterocycles. The number of H-pyrrole nitrogens is 1. The fraction of sp³-hybridized carbons (Fsp3) is 0.333. The summed E-state index contributed by atoms with van der Waals surface area (Å²) >= 11 is 9.39. The highest BCUT2D eigenvalue weighted by Gasteiger charge is 2.00. The van der Waals surface area contributed by atoms with E-state index in [9.17, 15) is 0 Å². The predicted molar refractivity (Wildman–Crippen MR) is 75.6 cm³/mol. The van der Waals surface area contributed by atoms with Gasteiger partial charge in [0.1, 0.15) is 12.2 Å². The van der Waals surface area contributed by atoms with Crippen LogP contribution in [0.1, 0.15) is 17.8 Å². The van der Waals surface area contributed by atoms with Gasteiger partial charge in [-0.05, 0) is 30.7 Å². The standard InChI is InChI=1S/C12H14BrClN4/c13-11-6-10(14)4-3-9(11)7-15-5-1-2-12-16-8-17-18-12/h3-4,6,8,15H,1-2,5,7H2,(H,16,17,18). The molecule has 0 unspecified atom stereocenters. The van der Waals surface area contributed by atoms with Crippen molar-refractivity contribution < 1.29 is 0 Å². The van der Waals surface area contributed by atoms with Gasteiger partial charge in [0.2, 0.25) is 0 Å². The van der Waals surface area contributed by atoms with Crippen molar-refractivity contribution in [1.29, 1.82) is 0 Å². The Morgan fingerprint density at radius 2 is 2.28 bits per heavy atom. The summed E-state index contributed by atoms with van der Waals surface area (Å²) in [5, 5.41) is 10.8. The van der Waals surface area contributed by atoms with Gasteiger partial charge in [-0.1, -0.05) is 33.6 Å². The molecule has 1 aromatic carbocycles. The molecule has 0 amide bonds. The zero-order chi connectivity index (χ0) is 12.8. The number of aromatic nitrogens is 3. The van der Waals surface area contributed by atoms with Gasteiger partial charge in [0.05, 0.1) is 0 Å². The number of aromatic amines is 1. The second kappa shape index (κ2) is 6.87. The zero-order valence-electron chi connectivity index (χ0n) is 9.79. The molecular formula is C12H14BrClN4. The van der Waals surface area contributed by atoms with Gasteiger partial charge in [-0.3, -0.25) is 5.10 Å². The predicted octanol–water partition coefficient (Wildman–Crippen LogP) is 2.94. The van der Waals surface area contributed by atoms with Crippen LogP contribution < -0.4 is 5.32 Å². The van der Waals surface area contributed by atoms with Crippen LogP contribution in [0.5, 0.6) is 0 Å². The van der Waals surface area contributed by atoms with Crippen LogP contribution in [0.15, 0.2) is 29.0 Å². The average molecular weight is 330 g/mol. The Kier molecular flexibility index (Phi) is 5.16. The second-order valence-electron chi connectivity index (χ2n) is 3.95. The van der Waals surface area contributed by atoms with Gasteiger partial charge < -0.3 is 5.32 Å². The second-order valence-corrected chi connectivity index (χ2v) is 5.24. The molecule has 4 nitrogen and oxygen atoms in total. The van der Waals surface area contributed by atoms with E-state index in [0.717, 1.165) is 41.3 Å². The maximum atomic E-state index is 5.89. The van der Waals surface area contributed by atoms with Gasteiger partial charge in [0.15, 0.2) is 0 Å². The molecule has 0 radical (unpaired) electrons. The largest absolute Gasteiger partial charge is 0.313 e. The minimum atomic E-state index is 0.746. The molecule has 0 atom stereocenters. The van der Waals surface area contributed by atoms with Crippen molar-refractivity contribution in [2.75, 3.05) is 6.54 Å². The first-order valence-electron chi connectivity index (χ1n) is 5.74. The molecule has 0 bridgehead atoms. The summed E-state index contributed by atoms with van der Waals surface area (Å²) in [6, 6.07) is 5.83. The molecule has 0 aliphatic rings. The molecule has 2 rings (SSSR count). The molecule has 1 aromatic heterocycles. The highest BCUT2D eigenvalue weighted by Crippen LogP contribution is 2.21. The maximum absolute atomic E-state index is 5.89. The molecule has 0 saturated carbocycles. The first-order chi connectivity index (χ1) is 8.75. The van der Waals surface area contributed by atoms with Crippen molar-refractivity contribution in [3.05, 3.63) is 45.4 Å². The van der Waals surface area contributed by atoms with E-state index < -0.39 is 0 Å². The molecule has 0 spiro atoms. The summed E-state index contributed by atoms with van der Waals surface area (Å²) in [6.07, 6.45) is 3.47. The van der Waals surface area contributed by atoms with Crippen molar-refractivity contribution in [3.63, 3.8) is 0 Å². The highest BCUT2D eigenvalue weighted by atomic mass is 79.9. The number of rotatable bonds is 6. The van der Waals surface area contributed by atoms with Crippen molar-refractivity contribution >= 4 is 27.5 Å². The monoisotopic (exact) mass is 328 g/mol. The lowest BCUT2D eigenvalue weighted by atomic mass is 10.2. The number of aryl methyl sites for hydroxylation is 1. The summed E-state index contributed by atoms with van der Waals surface area (Å²) in [6.45, 7) is 1.77. The Bertz CT molecular complexity index is 487. The Morgan fingerprint density at radius 1 is 1.39 bits per heavy atom. The van der Waals surface area contributed by atoms with Crippen molar-refractivity contribution in [2.24, 2.45) is 0 Å². The molecule has 0 aliphatic carbocycles. The van der Waals surface area contributed by atoms with Crippen LogP contribution in [0, 0.1) is 0 Å². The maximum Gasteiger partial charge on any atom is 0.137 e. The van der Waals surface area contributed by atoms with E-state index in [4.69, 9.17) is 11.6 Å². The lowest BCUT2D eigenvalue weighted by Crippen LogP contribution is -2.15. The Labute approximate surface area is 119 Å². The van der Waals surface area contributed by atoms with Crippen LogP contribution in [-0.2, 0) is 13.0 Å². The quantitative estimate of drug-likeness (QED) is 0.801. The zero-order valence-corrected chi connectivity index (χ0v) is 12.1. The normalized spacial score (nSPS) is 10.8. The van der Waals surface area contributed by atoms with Gasteiger partial charge in [-0.15, -0.1) is 0 Å². The number of halogens is 2. The Balaban J connectivity index is 1.69. The van der Waals surface area contributed by atoms with Gasteiger partial charge in [0.25, 0.3) is 0 Å². The van der Waals surface area contributed by atoms with Gasteiger partial charge in [-0.2, -0.15) is 5.10 Å². The summed E-state index contributed by atoms with van der Waals surface area (Å²) < 4.78 is 1.04. The number of hydrogen-bond acceptors (Lipinski definition) is 3. The smallest absolute Gasteiger partial charge is 0.137 e. The summed E-state index contributed by atoms with van der Waals surface area (Å²) in [5.41, 5.74) is 1.21. The number of hydrogen-bond donors (Lipinski definition) is 2. The van der Waals surface area contributed by atoms with Crippen LogP contribution in [0.3, 0.4) is 0 Å². The molecule has 0 fully saturated rings. The SMILES string of the molecule is Clc1ccc(CNCCCc2ncn[nH]2)c(Br)c1. The Morgan fingerprint density at radius 3 is 3.00 bits per heavy atom. The summed E-state index contributed by atoms with van der Waals surface area (Å²) in [7, 11) is 0. The third-order valence-corrected chi connectivity index (χ3v) is 3.54. The molecule has 1 heterocycles. The van der Waals surface area contributed by atoms with E-state index in [2.05, 4.69) is 36.4 Å². The lowest BCUT2D eigenvalue weighted by molar-refractivity contribution is 0.638. The average Bonchev–Trinajstić information content (AvgIpc) is 2.84. The molecular weight excluding hydrogens is 316 g/mol. The number of nitrogens with zero attached hydrogens (tertiary/aromatic N) is 2. The highest BCUT2D eigenvalue weighted by molar-refractivity contribution is 9.10. The topological polar surface area (TPSA) is 53.6 Å².